The maximum absolute atomic E-state index is 13.0. The lowest BCUT2D eigenvalue weighted by Crippen LogP contribution is -2.46. The average molecular weight is 443 g/mol. The first-order valence-electron chi connectivity index (χ1n) is 9.45. The number of hydrogen-bond donors (Lipinski definition) is 3. The highest BCUT2D eigenvalue weighted by Crippen LogP contribution is 2.20. The smallest absolute Gasteiger partial charge is 0.309 e. The number of carbonyl (C=O) groups excluding carboxylic acids is 2. The molecule has 0 unspecified atom stereocenters. The first kappa shape index (κ1) is 22.6. The van der Waals surface area contributed by atoms with Crippen molar-refractivity contribution in [2.45, 2.75) is 32.9 Å². The summed E-state index contributed by atoms with van der Waals surface area (Å²) >= 11 is 0. The van der Waals surface area contributed by atoms with Gasteiger partial charge >= 0.3 is 11.8 Å². The molecule has 0 spiro atoms. The highest BCUT2D eigenvalue weighted by molar-refractivity contribution is 5.94. The van der Waals surface area contributed by atoms with Crippen LogP contribution < -0.4 is 16.2 Å². The Kier molecular flexibility index (Phi) is 6.05. The molecule has 0 fully saturated rings. The maximum Gasteiger partial charge on any atom is 0.309 e. The highest BCUT2D eigenvalue weighted by Gasteiger charge is 2.32. The number of benzene rings is 1. The third kappa shape index (κ3) is 4.63. The molecule has 3 aromatic rings. The maximum atomic E-state index is 13.0. The van der Waals surface area contributed by atoms with Gasteiger partial charge in [0.25, 0.3) is 11.5 Å². The Bertz CT molecular complexity index is 1230. The van der Waals surface area contributed by atoms with Crippen molar-refractivity contribution < 1.29 is 23.5 Å². The van der Waals surface area contributed by atoms with Crippen LogP contribution in [0.3, 0.4) is 0 Å². The highest BCUT2D eigenvalue weighted by atomic mass is 18.2. The van der Waals surface area contributed by atoms with Crippen molar-refractivity contribution in [3.05, 3.63) is 69.3 Å². The van der Waals surface area contributed by atoms with E-state index in [1.54, 1.807) is 13.8 Å². The Morgan fingerprint density at radius 3 is 2.44 bits per heavy atom. The summed E-state index contributed by atoms with van der Waals surface area (Å²) in [5, 5.41) is 22.6. The molecule has 2 amide bonds. The van der Waals surface area contributed by atoms with Crippen LogP contribution in [0, 0.1) is 12.7 Å². The lowest BCUT2D eigenvalue weighted by Gasteiger charge is -2.27. The zero-order valence-corrected chi connectivity index (χ0v) is 17.8. The SMILES string of the molecule is Cc1nnc(C(=O)NC(C)(C)c2nc(C(=O)NCc3ccc([18F])cc3)c(O)c(=O)n2C)o1. The third-order valence-electron chi connectivity index (χ3n) is 4.55. The fourth-order valence-electron chi connectivity index (χ4n) is 2.96. The zero-order valence-electron chi connectivity index (χ0n) is 17.8. The Hall–Kier alpha value is -4.09. The van der Waals surface area contributed by atoms with E-state index in [1.807, 2.05) is 0 Å². The van der Waals surface area contributed by atoms with E-state index in [4.69, 9.17) is 4.42 Å². The Morgan fingerprint density at radius 2 is 1.84 bits per heavy atom. The molecular weight excluding hydrogens is 422 g/mol. The van der Waals surface area contributed by atoms with E-state index in [2.05, 4.69) is 25.8 Å². The van der Waals surface area contributed by atoms with Crippen molar-refractivity contribution in [3.8, 4) is 5.75 Å². The Morgan fingerprint density at radius 1 is 1.19 bits per heavy atom. The lowest BCUT2D eigenvalue weighted by atomic mass is 10.0. The zero-order chi connectivity index (χ0) is 23.6. The number of nitrogens with one attached hydrogen (secondary N) is 2. The number of aromatic nitrogens is 4. The van der Waals surface area contributed by atoms with Crippen LogP contribution in [0.4, 0.5) is 4.39 Å². The second kappa shape index (κ2) is 8.57. The van der Waals surface area contributed by atoms with Crippen LogP contribution in [0.15, 0.2) is 33.5 Å². The van der Waals surface area contributed by atoms with Gasteiger partial charge in [0.2, 0.25) is 11.6 Å². The van der Waals surface area contributed by atoms with Gasteiger partial charge in [0.15, 0.2) is 5.69 Å². The van der Waals surface area contributed by atoms with Gasteiger partial charge in [0.1, 0.15) is 11.6 Å². The number of nitrogens with zero attached hydrogens (tertiary/aromatic N) is 4. The van der Waals surface area contributed by atoms with E-state index in [1.165, 1.54) is 38.2 Å². The molecule has 0 radical (unpaired) electrons. The predicted octanol–water partition coefficient (Wildman–Crippen LogP) is 0.912. The van der Waals surface area contributed by atoms with Crippen LogP contribution in [0.5, 0.6) is 5.75 Å². The lowest BCUT2D eigenvalue weighted by molar-refractivity contribution is 0.0869. The Balaban J connectivity index is 1.88. The fourth-order valence-corrected chi connectivity index (χ4v) is 2.96. The molecule has 3 N–H and O–H groups in total. The van der Waals surface area contributed by atoms with Crippen molar-refractivity contribution in [2.24, 2.45) is 7.05 Å². The molecule has 168 valence electrons. The number of amides is 2. The first-order chi connectivity index (χ1) is 15.0. The molecule has 0 bridgehead atoms. The number of halogens is 1. The minimum absolute atomic E-state index is 0.00294. The van der Waals surface area contributed by atoms with Crippen molar-refractivity contribution in [2.75, 3.05) is 0 Å². The van der Waals surface area contributed by atoms with Gasteiger partial charge < -0.3 is 20.2 Å². The van der Waals surface area contributed by atoms with Gasteiger partial charge in [0, 0.05) is 20.5 Å². The molecule has 3 rings (SSSR count). The van der Waals surface area contributed by atoms with Gasteiger partial charge in [-0.05, 0) is 31.5 Å². The van der Waals surface area contributed by atoms with Crippen LogP contribution in [-0.4, -0.2) is 36.7 Å². The molecule has 32 heavy (non-hydrogen) atoms. The summed E-state index contributed by atoms with van der Waals surface area (Å²) in [5.41, 5.74) is -2.06. The number of aryl methyl sites for hydroxylation is 1. The number of carbonyl (C=O) groups is 2. The molecule has 0 aliphatic heterocycles. The van der Waals surface area contributed by atoms with Crippen LogP contribution in [0.1, 0.15) is 52.3 Å². The molecule has 1 aromatic carbocycles. The molecule has 12 heteroatoms. The summed E-state index contributed by atoms with van der Waals surface area (Å²) in [6.45, 7) is 4.64. The van der Waals surface area contributed by atoms with E-state index in [9.17, 15) is 23.9 Å². The topological polar surface area (TPSA) is 152 Å². The molecule has 2 aromatic heterocycles. The summed E-state index contributed by atoms with van der Waals surface area (Å²) in [6, 6.07) is 5.44. The fraction of sp³-hybridized carbons (Fsp3) is 0.300. The third-order valence-corrected chi connectivity index (χ3v) is 4.55. The minimum Gasteiger partial charge on any atom is -0.501 e. The minimum atomic E-state index is -1.27. The normalized spacial score (nSPS) is 11.3. The monoisotopic (exact) mass is 443 g/mol. The summed E-state index contributed by atoms with van der Waals surface area (Å²) in [6.07, 6.45) is 0. The molecule has 0 atom stereocenters. The Labute approximate surface area is 181 Å². The van der Waals surface area contributed by atoms with E-state index in [0.717, 1.165) is 4.57 Å². The standard InChI is InChI=1S/C20H21FN6O5/c1-10-25-26-17(32-10)16(30)24-20(2,3)19-23-13(14(28)18(31)27(19)4)15(29)22-9-11-5-7-12(21)8-6-11/h5-8,28H,9H2,1-4H3,(H,22,29)(H,24,30)/i21-1. The second-order valence-corrected chi connectivity index (χ2v) is 7.51. The molecule has 0 saturated carbocycles. The predicted molar refractivity (Wildman–Crippen MR) is 108 cm³/mol. The van der Waals surface area contributed by atoms with Gasteiger partial charge in [-0.3, -0.25) is 19.0 Å². The van der Waals surface area contributed by atoms with Crippen LogP contribution >= 0.6 is 0 Å². The van der Waals surface area contributed by atoms with E-state index in [0.29, 0.717) is 5.56 Å². The summed E-state index contributed by atoms with van der Waals surface area (Å²) in [5.74, 6) is -2.88. The first-order valence-corrected chi connectivity index (χ1v) is 9.45. The van der Waals surface area contributed by atoms with Crippen molar-refractivity contribution in [3.63, 3.8) is 0 Å². The summed E-state index contributed by atoms with van der Waals surface area (Å²) < 4.78 is 19.1. The second-order valence-electron chi connectivity index (χ2n) is 7.51. The van der Waals surface area contributed by atoms with Gasteiger partial charge in [0.05, 0.1) is 5.54 Å². The van der Waals surface area contributed by atoms with Crippen LogP contribution in [-0.2, 0) is 19.1 Å². The molecular formula is C20H21FN6O5. The van der Waals surface area contributed by atoms with E-state index < -0.39 is 40.2 Å². The van der Waals surface area contributed by atoms with Gasteiger partial charge in [-0.25, -0.2) is 9.37 Å². The molecule has 0 aliphatic rings. The largest absolute Gasteiger partial charge is 0.501 e. The van der Waals surface area contributed by atoms with Crippen LogP contribution in [0.2, 0.25) is 0 Å². The molecule has 0 aliphatic carbocycles. The van der Waals surface area contributed by atoms with Crippen molar-refractivity contribution in [1.82, 2.24) is 30.4 Å². The average Bonchev–Trinajstić information content (AvgIpc) is 3.17. The molecule has 2 heterocycles. The quantitative estimate of drug-likeness (QED) is 0.508. The molecule has 0 saturated heterocycles. The van der Waals surface area contributed by atoms with Gasteiger partial charge in [-0.1, -0.05) is 12.1 Å². The van der Waals surface area contributed by atoms with Crippen LogP contribution in [0.25, 0.3) is 0 Å². The van der Waals surface area contributed by atoms with E-state index >= 15 is 0 Å². The van der Waals surface area contributed by atoms with Crippen molar-refractivity contribution >= 4 is 11.8 Å². The van der Waals surface area contributed by atoms with Crippen molar-refractivity contribution in [1.29, 1.82) is 0 Å². The number of hydrogen-bond acceptors (Lipinski definition) is 8. The molecule has 11 nitrogen and oxygen atoms in total. The number of aromatic hydroxyl groups is 1. The van der Waals surface area contributed by atoms with E-state index in [-0.39, 0.29) is 24.2 Å². The van der Waals surface area contributed by atoms with Gasteiger partial charge in [-0.15, -0.1) is 10.2 Å². The summed E-state index contributed by atoms with van der Waals surface area (Å²) in [7, 11) is 1.34. The summed E-state index contributed by atoms with van der Waals surface area (Å²) in [4.78, 5) is 41.7. The van der Waals surface area contributed by atoms with Gasteiger partial charge in [-0.2, -0.15) is 0 Å². The number of rotatable bonds is 6.